The molecule has 0 aliphatic rings. The highest BCUT2D eigenvalue weighted by molar-refractivity contribution is 5.78. The van der Waals surface area contributed by atoms with Crippen LogP contribution < -0.4 is 11.3 Å². The summed E-state index contributed by atoms with van der Waals surface area (Å²) >= 11 is 0. The van der Waals surface area contributed by atoms with Crippen molar-refractivity contribution in [2.24, 2.45) is 12.9 Å². The van der Waals surface area contributed by atoms with Crippen molar-refractivity contribution in [3.63, 3.8) is 0 Å². The molecule has 14 heavy (non-hydrogen) atoms. The van der Waals surface area contributed by atoms with Crippen molar-refractivity contribution < 1.29 is 9.72 Å². The number of amides is 1. The van der Waals surface area contributed by atoms with E-state index in [-0.39, 0.29) is 17.9 Å². The van der Waals surface area contributed by atoms with Crippen LogP contribution in [0.3, 0.4) is 0 Å². The van der Waals surface area contributed by atoms with Crippen molar-refractivity contribution in [2.75, 3.05) is 0 Å². The molecule has 1 aromatic rings. The summed E-state index contributed by atoms with van der Waals surface area (Å²) in [4.78, 5) is 24.3. The van der Waals surface area contributed by atoms with Crippen molar-refractivity contribution in [3.05, 3.63) is 22.1 Å². The van der Waals surface area contributed by atoms with Gasteiger partial charge in [0.1, 0.15) is 5.69 Å². The molecule has 8 heteroatoms. The van der Waals surface area contributed by atoms with Crippen LogP contribution in [0.25, 0.3) is 0 Å². The molecule has 1 rings (SSSR count). The van der Waals surface area contributed by atoms with Gasteiger partial charge < -0.3 is 14.7 Å². The predicted octanol–water partition coefficient (Wildman–Crippen LogP) is -1.14. The monoisotopic (exact) mass is 199 g/mol. The average Bonchev–Trinajstić information content (AvgIpc) is 2.48. The summed E-state index contributed by atoms with van der Waals surface area (Å²) in [7, 11) is 1.57. The van der Waals surface area contributed by atoms with Gasteiger partial charge in [0.25, 0.3) is 0 Å². The zero-order chi connectivity index (χ0) is 10.7. The quantitative estimate of drug-likeness (QED) is 0.276. The molecule has 0 aliphatic carbocycles. The molecule has 0 radical (unpaired) electrons. The summed E-state index contributed by atoms with van der Waals surface area (Å²) in [5.41, 5.74) is 2.11. The lowest BCUT2D eigenvalue weighted by Crippen LogP contribution is -2.32. The number of carbonyl (C=O) groups is 1. The van der Waals surface area contributed by atoms with Gasteiger partial charge in [0.15, 0.2) is 0 Å². The van der Waals surface area contributed by atoms with E-state index in [0.29, 0.717) is 0 Å². The Bertz CT molecular complexity index is 372. The number of imidazole rings is 1. The number of nitrogens with zero attached hydrogens (tertiary/aromatic N) is 3. The number of rotatable bonds is 3. The summed E-state index contributed by atoms with van der Waals surface area (Å²) in [5, 5.41) is 10.5. The Kier molecular flexibility index (Phi) is 2.77. The van der Waals surface area contributed by atoms with Crippen molar-refractivity contribution in [3.8, 4) is 0 Å². The summed E-state index contributed by atoms with van der Waals surface area (Å²) in [6.07, 6.45) is 1.11. The number of hydrogen-bond donors (Lipinski definition) is 2. The molecule has 76 valence electrons. The topological polar surface area (TPSA) is 116 Å². The van der Waals surface area contributed by atoms with Gasteiger partial charge in [-0.05, 0) is 9.91 Å². The summed E-state index contributed by atoms with van der Waals surface area (Å²) < 4.78 is 1.41. The SMILES string of the molecule is Cn1cnc([N+](=O)[O-])c1CC(=O)NN. The van der Waals surface area contributed by atoms with Gasteiger partial charge in [0, 0.05) is 7.05 Å². The number of hydrazine groups is 1. The number of aryl methyl sites for hydroxylation is 1. The molecule has 0 aromatic carbocycles. The fraction of sp³-hybridized carbons (Fsp3) is 0.333. The largest absolute Gasteiger partial charge is 0.385 e. The first-order valence-electron chi connectivity index (χ1n) is 3.70. The van der Waals surface area contributed by atoms with E-state index in [1.165, 1.54) is 10.9 Å². The van der Waals surface area contributed by atoms with Crippen LogP contribution in [-0.2, 0) is 18.3 Å². The highest BCUT2D eigenvalue weighted by Crippen LogP contribution is 2.15. The van der Waals surface area contributed by atoms with Crippen LogP contribution in [0, 0.1) is 10.1 Å². The van der Waals surface area contributed by atoms with Crippen LogP contribution in [0.1, 0.15) is 5.69 Å². The average molecular weight is 199 g/mol. The predicted molar refractivity (Wildman–Crippen MR) is 45.9 cm³/mol. The first-order chi connectivity index (χ1) is 6.56. The Hall–Kier alpha value is -1.96. The van der Waals surface area contributed by atoms with Crippen LogP contribution in [0.2, 0.25) is 0 Å². The molecule has 0 unspecified atom stereocenters. The van der Waals surface area contributed by atoms with Crippen molar-refractivity contribution in [1.82, 2.24) is 15.0 Å². The molecule has 8 nitrogen and oxygen atoms in total. The molecule has 1 heterocycles. The molecule has 0 atom stereocenters. The Balaban J connectivity index is 2.99. The lowest BCUT2D eigenvalue weighted by atomic mass is 10.3. The summed E-state index contributed by atoms with van der Waals surface area (Å²) in [6, 6.07) is 0. The third-order valence-electron chi connectivity index (χ3n) is 1.70. The summed E-state index contributed by atoms with van der Waals surface area (Å²) in [5.74, 6) is 4.04. The van der Waals surface area contributed by atoms with Gasteiger partial charge >= 0.3 is 5.82 Å². The Morgan fingerprint density at radius 2 is 2.50 bits per heavy atom. The van der Waals surface area contributed by atoms with Gasteiger partial charge in [-0.25, -0.2) is 5.84 Å². The number of nitro groups is 1. The van der Waals surface area contributed by atoms with Gasteiger partial charge in [-0.2, -0.15) is 0 Å². The van der Waals surface area contributed by atoms with E-state index in [9.17, 15) is 14.9 Å². The zero-order valence-corrected chi connectivity index (χ0v) is 7.43. The molecule has 0 saturated carbocycles. The number of nitrogens with one attached hydrogen (secondary N) is 1. The van der Waals surface area contributed by atoms with Gasteiger partial charge in [-0.3, -0.25) is 10.2 Å². The van der Waals surface area contributed by atoms with Crippen molar-refractivity contribution in [2.45, 2.75) is 6.42 Å². The first kappa shape index (κ1) is 10.1. The minimum atomic E-state index is -0.640. The van der Waals surface area contributed by atoms with Crippen LogP contribution in [0.5, 0.6) is 0 Å². The van der Waals surface area contributed by atoms with Gasteiger partial charge in [-0.1, -0.05) is 0 Å². The molecule has 0 aliphatic heterocycles. The second kappa shape index (κ2) is 3.83. The van der Waals surface area contributed by atoms with E-state index >= 15 is 0 Å². The molecule has 0 spiro atoms. The fourth-order valence-electron chi connectivity index (χ4n) is 1.00. The molecular formula is C6H9N5O3. The number of carbonyl (C=O) groups excluding carboxylic acids is 1. The number of nitrogens with two attached hydrogens (primary N) is 1. The lowest BCUT2D eigenvalue weighted by Gasteiger charge is -2.00. The van der Waals surface area contributed by atoms with Gasteiger partial charge in [-0.15, -0.1) is 0 Å². The number of hydrogen-bond acceptors (Lipinski definition) is 5. The van der Waals surface area contributed by atoms with Gasteiger partial charge in [0.2, 0.25) is 12.2 Å². The maximum Gasteiger partial charge on any atom is 0.385 e. The van der Waals surface area contributed by atoms with E-state index in [1.54, 1.807) is 7.05 Å². The molecule has 0 fully saturated rings. The standard InChI is InChI=1S/C6H9N5O3/c1-10-3-8-6(11(13)14)4(10)2-5(12)9-7/h3H,2,7H2,1H3,(H,9,12). The fourth-order valence-corrected chi connectivity index (χ4v) is 1.00. The maximum atomic E-state index is 10.9. The number of aromatic nitrogens is 2. The van der Waals surface area contributed by atoms with E-state index in [4.69, 9.17) is 5.84 Å². The Morgan fingerprint density at radius 1 is 1.86 bits per heavy atom. The van der Waals surface area contributed by atoms with E-state index in [2.05, 4.69) is 4.98 Å². The maximum absolute atomic E-state index is 10.9. The molecule has 3 N–H and O–H groups in total. The normalized spacial score (nSPS) is 9.86. The third kappa shape index (κ3) is 1.85. The van der Waals surface area contributed by atoms with Gasteiger partial charge in [0.05, 0.1) is 6.42 Å². The van der Waals surface area contributed by atoms with Crippen LogP contribution in [0.4, 0.5) is 5.82 Å². The summed E-state index contributed by atoms with van der Waals surface area (Å²) in [6.45, 7) is 0. The molecule has 1 amide bonds. The van der Waals surface area contributed by atoms with E-state index in [0.717, 1.165) is 0 Å². The zero-order valence-electron chi connectivity index (χ0n) is 7.43. The Morgan fingerprint density at radius 3 is 3.00 bits per heavy atom. The van der Waals surface area contributed by atoms with E-state index in [1.807, 2.05) is 5.43 Å². The molecule has 0 saturated heterocycles. The van der Waals surface area contributed by atoms with Crippen LogP contribution in [0.15, 0.2) is 6.33 Å². The second-order valence-corrected chi connectivity index (χ2v) is 2.63. The van der Waals surface area contributed by atoms with E-state index < -0.39 is 10.8 Å². The third-order valence-corrected chi connectivity index (χ3v) is 1.70. The molecule has 1 aromatic heterocycles. The highest BCUT2D eigenvalue weighted by atomic mass is 16.6. The van der Waals surface area contributed by atoms with Crippen LogP contribution in [-0.4, -0.2) is 20.4 Å². The van der Waals surface area contributed by atoms with Crippen LogP contribution >= 0.6 is 0 Å². The second-order valence-electron chi connectivity index (χ2n) is 2.63. The van der Waals surface area contributed by atoms with Crippen molar-refractivity contribution >= 4 is 11.7 Å². The Labute approximate surface area is 78.8 Å². The highest BCUT2D eigenvalue weighted by Gasteiger charge is 2.21. The molecular weight excluding hydrogens is 190 g/mol. The minimum absolute atomic E-state index is 0.163. The van der Waals surface area contributed by atoms with Crippen molar-refractivity contribution in [1.29, 1.82) is 0 Å². The smallest absolute Gasteiger partial charge is 0.358 e. The first-order valence-corrected chi connectivity index (χ1v) is 3.70. The lowest BCUT2D eigenvalue weighted by molar-refractivity contribution is -0.390. The minimum Gasteiger partial charge on any atom is -0.358 e. The molecule has 0 bridgehead atoms.